The minimum Gasteiger partial charge on any atom is -0.497 e. The van der Waals surface area contributed by atoms with Crippen molar-refractivity contribution in [3.63, 3.8) is 0 Å². The first-order valence-electron chi connectivity index (χ1n) is 8.66. The maximum Gasteiger partial charge on any atom is 0.418 e. The first-order valence-corrected chi connectivity index (χ1v) is 9.45. The van der Waals surface area contributed by atoms with Gasteiger partial charge >= 0.3 is 6.18 Å². The molecule has 0 spiro atoms. The summed E-state index contributed by atoms with van der Waals surface area (Å²) in [6.07, 6.45) is -4.60. The summed E-state index contributed by atoms with van der Waals surface area (Å²) in [7, 11) is 1.26. The van der Waals surface area contributed by atoms with E-state index in [-0.39, 0.29) is 28.3 Å². The van der Waals surface area contributed by atoms with Crippen LogP contribution in [-0.2, 0) is 6.18 Å². The topological polar surface area (TPSA) is 68.8 Å². The lowest BCUT2D eigenvalue weighted by Crippen LogP contribution is -2.09. The second kappa shape index (κ2) is 10.6. The fraction of sp³-hybridized carbons (Fsp3) is 0.0909. The van der Waals surface area contributed by atoms with Crippen LogP contribution in [-0.4, -0.2) is 7.11 Å². The molecule has 0 aromatic heterocycles. The molecule has 164 valence electrons. The number of ether oxygens (including phenoxy) is 1. The van der Waals surface area contributed by atoms with Crippen LogP contribution in [0.3, 0.4) is 0 Å². The molecule has 0 aliphatic rings. The Kier molecular flexibility index (Phi) is 8.16. The molecule has 10 heteroatoms. The molecule has 3 aromatic carbocycles. The fourth-order valence-corrected chi connectivity index (χ4v) is 2.75. The molecule has 3 rings (SSSR count). The van der Waals surface area contributed by atoms with Crippen LogP contribution in [0, 0.1) is 34.3 Å². The van der Waals surface area contributed by atoms with Gasteiger partial charge in [-0.2, -0.15) is 23.7 Å². The van der Waals surface area contributed by atoms with Gasteiger partial charge in [-0.3, -0.25) is 0 Å². The molecule has 0 bridgehead atoms. The van der Waals surface area contributed by atoms with Crippen molar-refractivity contribution < 1.29 is 26.7 Å². The number of hydrogen-bond donors (Lipinski definition) is 1. The van der Waals surface area contributed by atoms with Crippen LogP contribution in [0.1, 0.15) is 16.7 Å². The minimum absolute atomic E-state index is 0.0592. The summed E-state index contributed by atoms with van der Waals surface area (Å²) in [6, 6.07) is 14.6. The first kappa shape index (κ1) is 24.6. The average molecular weight is 510 g/mol. The van der Waals surface area contributed by atoms with E-state index in [4.69, 9.17) is 15.3 Å². The fourth-order valence-electron chi connectivity index (χ4n) is 2.41. The number of alkyl halides is 3. The van der Waals surface area contributed by atoms with Gasteiger partial charge in [-0.1, -0.05) is 15.9 Å². The van der Waals surface area contributed by atoms with Gasteiger partial charge in [-0.05, 0) is 54.6 Å². The maximum atomic E-state index is 13.5. The average Bonchev–Trinajstić information content (AvgIpc) is 2.74. The zero-order valence-electron chi connectivity index (χ0n) is 16.3. The Morgan fingerprint density at radius 2 is 1.47 bits per heavy atom. The smallest absolute Gasteiger partial charge is 0.418 e. The summed E-state index contributed by atoms with van der Waals surface area (Å²) in [6.45, 7) is 0. The monoisotopic (exact) mass is 509 g/mol. The molecular formula is C22H13BrF5N3O. The number of nitriles is 2. The zero-order valence-corrected chi connectivity index (χ0v) is 17.9. The molecule has 0 unspecified atom stereocenters. The number of halogens is 6. The molecule has 0 saturated heterocycles. The summed E-state index contributed by atoms with van der Waals surface area (Å²) >= 11 is 3.08. The third-order valence-corrected chi connectivity index (χ3v) is 4.45. The van der Waals surface area contributed by atoms with Gasteiger partial charge in [0.05, 0.1) is 29.5 Å². The Bertz CT molecular complexity index is 1200. The second-order valence-corrected chi connectivity index (χ2v) is 6.99. The van der Waals surface area contributed by atoms with Crippen LogP contribution in [0.5, 0.6) is 5.75 Å². The maximum absolute atomic E-state index is 13.5. The van der Waals surface area contributed by atoms with Crippen molar-refractivity contribution in [1.29, 1.82) is 10.5 Å². The van der Waals surface area contributed by atoms with E-state index in [1.54, 1.807) is 18.2 Å². The van der Waals surface area contributed by atoms with Crippen LogP contribution in [0.2, 0.25) is 0 Å². The highest BCUT2D eigenvalue weighted by atomic mass is 79.9. The van der Waals surface area contributed by atoms with Crippen molar-refractivity contribution in [1.82, 2.24) is 0 Å². The largest absolute Gasteiger partial charge is 0.497 e. The number of hydrogen-bond acceptors (Lipinski definition) is 4. The Hall–Kier alpha value is -3.63. The molecule has 0 radical (unpaired) electrons. The molecule has 32 heavy (non-hydrogen) atoms. The summed E-state index contributed by atoms with van der Waals surface area (Å²) in [5, 5.41) is 19.4. The third kappa shape index (κ3) is 6.43. The normalized spacial score (nSPS) is 10.3. The predicted molar refractivity (Wildman–Crippen MR) is 111 cm³/mol. The van der Waals surface area contributed by atoms with Gasteiger partial charge in [0, 0.05) is 10.2 Å². The van der Waals surface area contributed by atoms with Gasteiger partial charge in [0.1, 0.15) is 29.5 Å². The molecule has 0 fully saturated rings. The highest BCUT2D eigenvalue weighted by molar-refractivity contribution is 9.10. The molecular weight excluding hydrogens is 497 g/mol. The molecule has 0 saturated carbocycles. The van der Waals surface area contributed by atoms with E-state index in [1.165, 1.54) is 43.5 Å². The number of benzene rings is 3. The number of nitrogens with one attached hydrogen (secondary N) is 1. The van der Waals surface area contributed by atoms with E-state index >= 15 is 0 Å². The highest BCUT2D eigenvalue weighted by Gasteiger charge is 2.34. The van der Waals surface area contributed by atoms with Crippen LogP contribution >= 0.6 is 15.9 Å². The Morgan fingerprint density at radius 3 is 1.97 bits per heavy atom. The SMILES string of the molecule is COc1ccc(Nc2ccc(C#N)c(F)c2)c(C(F)(F)F)c1.N#Cc1ccc(Br)cc1F. The first-order chi connectivity index (χ1) is 15.1. The summed E-state index contributed by atoms with van der Waals surface area (Å²) < 4.78 is 70.7. The Labute approximate surface area is 188 Å². The number of rotatable bonds is 3. The molecule has 1 N–H and O–H groups in total. The molecule has 0 aliphatic heterocycles. The van der Waals surface area contributed by atoms with Crippen molar-refractivity contribution in [2.45, 2.75) is 6.18 Å². The molecule has 4 nitrogen and oxygen atoms in total. The van der Waals surface area contributed by atoms with Crippen LogP contribution < -0.4 is 10.1 Å². The van der Waals surface area contributed by atoms with Crippen molar-refractivity contribution >= 4 is 27.3 Å². The van der Waals surface area contributed by atoms with Crippen molar-refractivity contribution in [2.24, 2.45) is 0 Å². The zero-order chi connectivity index (χ0) is 23.9. The van der Waals surface area contributed by atoms with Crippen LogP contribution in [0.15, 0.2) is 59.1 Å². The lowest BCUT2D eigenvalue weighted by molar-refractivity contribution is -0.137. The number of anilines is 2. The van der Waals surface area contributed by atoms with Crippen LogP contribution in [0.4, 0.5) is 33.3 Å². The van der Waals surface area contributed by atoms with Gasteiger partial charge in [-0.25, -0.2) is 8.78 Å². The van der Waals surface area contributed by atoms with Crippen LogP contribution in [0.25, 0.3) is 0 Å². The highest BCUT2D eigenvalue weighted by Crippen LogP contribution is 2.38. The van der Waals surface area contributed by atoms with Crippen molar-refractivity contribution in [2.75, 3.05) is 12.4 Å². The Morgan fingerprint density at radius 1 is 0.875 bits per heavy atom. The van der Waals surface area contributed by atoms with Gasteiger partial charge < -0.3 is 10.1 Å². The Balaban J connectivity index is 0.000000303. The molecule has 0 heterocycles. The van der Waals surface area contributed by atoms with E-state index in [0.717, 1.165) is 12.1 Å². The van der Waals surface area contributed by atoms with E-state index < -0.39 is 23.4 Å². The van der Waals surface area contributed by atoms with Crippen molar-refractivity contribution in [3.8, 4) is 17.9 Å². The van der Waals surface area contributed by atoms with Gasteiger partial charge in [0.15, 0.2) is 0 Å². The predicted octanol–water partition coefficient (Wildman–Crippen LogP) is 6.93. The van der Waals surface area contributed by atoms with Crippen molar-refractivity contribution in [3.05, 3.63) is 87.4 Å². The van der Waals surface area contributed by atoms with E-state index in [0.29, 0.717) is 4.47 Å². The third-order valence-electron chi connectivity index (χ3n) is 3.95. The van der Waals surface area contributed by atoms with Gasteiger partial charge in [0.25, 0.3) is 0 Å². The molecule has 0 amide bonds. The van der Waals surface area contributed by atoms with E-state index in [2.05, 4.69) is 21.2 Å². The van der Waals surface area contributed by atoms with E-state index in [9.17, 15) is 22.0 Å². The van der Waals surface area contributed by atoms with Gasteiger partial charge in [0.2, 0.25) is 0 Å². The summed E-state index contributed by atoms with van der Waals surface area (Å²) in [5.74, 6) is -1.24. The van der Waals surface area contributed by atoms with Gasteiger partial charge in [-0.15, -0.1) is 0 Å². The van der Waals surface area contributed by atoms with E-state index in [1.807, 2.05) is 0 Å². The molecule has 3 aromatic rings. The minimum atomic E-state index is -4.60. The number of nitrogens with zero attached hydrogens (tertiary/aromatic N) is 2. The molecule has 0 aliphatic carbocycles. The number of methoxy groups -OCH3 is 1. The second-order valence-electron chi connectivity index (χ2n) is 6.08. The lowest BCUT2D eigenvalue weighted by Gasteiger charge is -2.16. The molecule has 0 atom stereocenters. The standard InChI is InChI=1S/C15H10F4N2O.C7H3BrFN/c1-22-11-4-5-14(12(7-11)15(17,18)19)21-10-3-2-9(8-20)13(16)6-10;8-6-2-1-5(4-10)7(9)3-6/h2-7,21H,1H3;1-3H. The lowest BCUT2D eigenvalue weighted by atomic mass is 10.1. The quantitative estimate of drug-likeness (QED) is 0.388. The summed E-state index contributed by atoms with van der Waals surface area (Å²) in [5.41, 5.74) is -1.18. The summed E-state index contributed by atoms with van der Waals surface area (Å²) in [4.78, 5) is 0.